The molecule has 0 atom stereocenters. The summed E-state index contributed by atoms with van der Waals surface area (Å²) in [4.78, 5) is 11.9. The number of hydrogen-bond acceptors (Lipinski definition) is 6. The minimum absolute atomic E-state index is 0.0452. The summed E-state index contributed by atoms with van der Waals surface area (Å²) >= 11 is 0. The number of nitrogens with one attached hydrogen (secondary N) is 1. The molecule has 3 rings (SSSR count). The zero-order chi connectivity index (χ0) is 19.4. The molecule has 3 aromatic rings. The zero-order valence-corrected chi connectivity index (χ0v) is 15.2. The fourth-order valence-corrected chi connectivity index (χ4v) is 3.58. The van der Waals surface area contributed by atoms with E-state index in [4.69, 9.17) is 4.42 Å². The van der Waals surface area contributed by atoms with Crippen LogP contribution in [0.4, 0.5) is 10.4 Å². The molecule has 1 heterocycles. The van der Waals surface area contributed by atoms with E-state index in [-0.39, 0.29) is 23.2 Å². The van der Waals surface area contributed by atoms with Gasteiger partial charge in [0.1, 0.15) is 5.82 Å². The molecule has 0 saturated heterocycles. The lowest BCUT2D eigenvalue weighted by Gasteiger charge is -2.04. The molecule has 0 aliphatic rings. The first kappa shape index (κ1) is 18.7. The van der Waals surface area contributed by atoms with Crippen molar-refractivity contribution < 1.29 is 22.0 Å². The molecule has 1 amide bonds. The van der Waals surface area contributed by atoms with Crippen LogP contribution in [0.5, 0.6) is 0 Å². The third kappa shape index (κ3) is 4.76. The highest BCUT2D eigenvalue weighted by atomic mass is 32.2. The summed E-state index contributed by atoms with van der Waals surface area (Å²) < 4.78 is 42.6. The third-order valence-corrected chi connectivity index (χ3v) is 5.44. The SMILES string of the molecule is Cc1cccc(-c2nnc(NC(=O)CCS(=O)(=O)c3ccc(F)cc3)o2)c1. The Kier molecular flexibility index (Phi) is 5.31. The lowest BCUT2D eigenvalue weighted by atomic mass is 10.1. The highest BCUT2D eigenvalue weighted by molar-refractivity contribution is 7.91. The number of amides is 1. The second-order valence-corrected chi connectivity index (χ2v) is 7.96. The Hall–Kier alpha value is -3.07. The molecule has 0 saturated carbocycles. The van der Waals surface area contributed by atoms with Gasteiger partial charge in [-0.15, -0.1) is 5.10 Å². The van der Waals surface area contributed by atoms with Crippen molar-refractivity contribution in [1.29, 1.82) is 0 Å². The lowest BCUT2D eigenvalue weighted by Crippen LogP contribution is -2.17. The lowest BCUT2D eigenvalue weighted by molar-refractivity contribution is -0.115. The molecule has 0 fully saturated rings. The minimum Gasteiger partial charge on any atom is -0.403 e. The largest absolute Gasteiger partial charge is 0.403 e. The van der Waals surface area contributed by atoms with Crippen LogP contribution < -0.4 is 5.32 Å². The second kappa shape index (κ2) is 7.67. The van der Waals surface area contributed by atoms with Crippen molar-refractivity contribution in [2.45, 2.75) is 18.2 Å². The predicted molar refractivity (Wildman–Crippen MR) is 96.2 cm³/mol. The molecule has 0 unspecified atom stereocenters. The molecule has 1 aromatic heterocycles. The van der Waals surface area contributed by atoms with Crippen LogP contribution in [-0.4, -0.2) is 30.3 Å². The first-order chi connectivity index (χ1) is 12.8. The van der Waals surface area contributed by atoms with Gasteiger partial charge in [-0.05, 0) is 43.3 Å². The number of nitrogens with zero attached hydrogens (tertiary/aromatic N) is 2. The molecule has 0 bridgehead atoms. The fraction of sp³-hybridized carbons (Fsp3) is 0.167. The topological polar surface area (TPSA) is 102 Å². The van der Waals surface area contributed by atoms with Gasteiger partial charge >= 0.3 is 6.01 Å². The van der Waals surface area contributed by atoms with Gasteiger partial charge in [0, 0.05) is 12.0 Å². The van der Waals surface area contributed by atoms with Gasteiger partial charge < -0.3 is 4.42 Å². The normalized spacial score (nSPS) is 11.3. The Morgan fingerprint density at radius 2 is 1.89 bits per heavy atom. The Bertz CT molecular complexity index is 1060. The van der Waals surface area contributed by atoms with Crippen LogP contribution >= 0.6 is 0 Å². The first-order valence-electron chi connectivity index (χ1n) is 8.02. The minimum atomic E-state index is -3.70. The molecule has 7 nitrogen and oxygen atoms in total. The van der Waals surface area contributed by atoms with Gasteiger partial charge in [-0.3, -0.25) is 10.1 Å². The molecule has 1 N–H and O–H groups in total. The van der Waals surface area contributed by atoms with E-state index < -0.39 is 27.3 Å². The number of benzene rings is 2. The van der Waals surface area contributed by atoms with Crippen molar-refractivity contribution in [2.75, 3.05) is 11.1 Å². The molecular formula is C18H16FN3O4S. The Labute approximate surface area is 155 Å². The van der Waals surface area contributed by atoms with Gasteiger partial charge in [-0.2, -0.15) is 0 Å². The van der Waals surface area contributed by atoms with Gasteiger partial charge in [0.25, 0.3) is 0 Å². The maximum absolute atomic E-state index is 12.9. The van der Waals surface area contributed by atoms with Crippen LogP contribution in [-0.2, 0) is 14.6 Å². The molecular weight excluding hydrogens is 373 g/mol. The number of carbonyl (C=O) groups excluding carboxylic acids is 1. The van der Waals surface area contributed by atoms with Crippen LogP contribution in [0, 0.1) is 12.7 Å². The van der Waals surface area contributed by atoms with Crippen LogP contribution in [0.2, 0.25) is 0 Å². The van der Waals surface area contributed by atoms with Gasteiger partial charge in [-0.1, -0.05) is 22.8 Å². The van der Waals surface area contributed by atoms with Crippen LogP contribution in [0.15, 0.2) is 57.8 Å². The summed E-state index contributed by atoms with van der Waals surface area (Å²) in [5.41, 5.74) is 1.73. The summed E-state index contributed by atoms with van der Waals surface area (Å²) in [5.74, 6) is -1.30. The quantitative estimate of drug-likeness (QED) is 0.650. The van der Waals surface area contributed by atoms with Gasteiger partial charge in [0.2, 0.25) is 11.8 Å². The van der Waals surface area contributed by atoms with E-state index >= 15 is 0 Å². The van der Waals surface area contributed by atoms with Crippen LogP contribution in [0.1, 0.15) is 12.0 Å². The van der Waals surface area contributed by atoms with E-state index in [1.807, 2.05) is 25.1 Å². The summed E-state index contributed by atoms with van der Waals surface area (Å²) in [6.45, 7) is 1.92. The molecule has 0 aliphatic carbocycles. The van der Waals surface area contributed by atoms with Crippen LogP contribution in [0.3, 0.4) is 0 Å². The smallest absolute Gasteiger partial charge is 0.322 e. The monoisotopic (exact) mass is 389 g/mol. The first-order valence-corrected chi connectivity index (χ1v) is 9.67. The standard InChI is InChI=1S/C18H16FN3O4S/c1-12-3-2-4-13(11-12)17-21-22-18(26-17)20-16(23)9-10-27(24,25)15-7-5-14(19)6-8-15/h2-8,11H,9-10H2,1H3,(H,20,22,23). The number of aryl methyl sites for hydroxylation is 1. The zero-order valence-electron chi connectivity index (χ0n) is 14.3. The van der Waals surface area contributed by atoms with Crippen molar-refractivity contribution >= 4 is 21.8 Å². The number of halogens is 1. The molecule has 9 heteroatoms. The summed E-state index contributed by atoms with van der Waals surface area (Å²) in [7, 11) is -3.70. The van der Waals surface area contributed by atoms with Gasteiger partial charge in [0.05, 0.1) is 10.6 Å². The number of carbonyl (C=O) groups is 1. The number of aromatic nitrogens is 2. The van der Waals surface area contributed by atoms with E-state index in [0.717, 1.165) is 29.8 Å². The molecule has 140 valence electrons. The third-order valence-electron chi connectivity index (χ3n) is 3.71. The van der Waals surface area contributed by atoms with Crippen molar-refractivity contribution in [1.82, 2.24) is 10.2 Å². The molecule has 27 heavy (non-hydrogen) atoms. The van der Waals surface area contributed by atoms with Crippen molar-refractivity contribution in [3.8, 4) is 11.5 Å². The fourth-order valence-electron chi connectivity index (χ4n) is 2.34. The number of sulfone groups is 1. The number of anilines is 1. The van der Waals surface area contributed by atoms with E-state index in [1.165, 1.54) is 0 Å². The van der Waals surface area contributed by atoms with Crippen molar-refractivity contribution in [3.63, 3.8) is 0 Å². The maximum atomic E-state index is 12.9. The van der Waals surface area contributed by atoms with Crippen molar-refractivity contribution in [2.24, 2.45) is 0 Å². The highest BCUT2D eigenvalue weighted by Crippen LogP contribution is 2.21. The van der Waals surface area contributed by atoms with E-state index in [9.17, 15) is 17.6 Å². The van der Waals surface area contributed by atoms with Gasteiger partial charge in [0.15, 0.2) is 9.84 Å². The van der Waals surface area contributed by atoms with E-state index in [1.54, 1.807) is 6.07 Å². The summed E-state index contributed by atoms with van der Waals surface area (Å²) in [6.07, 6.45) is -0.304. The average Bonchev–Trinajstić information content (AvgIpc) is 3.09. The van der Waals surface area contributed by atoms with Gasteiger partial charge in [-0.25, -0.2) is 12.8 Å². The van der Waals surface area contributed by atoms with Crippen LogP contribution in [0.25, 0.3) is 11.5 Å². The molecule has 0 aliphatic heterocycles. The number of hydrogen-bond donors (Lipinski definition) is 1. The number of rotatable bonds is 6. The molecule has 0 spiro atoms. The average molecular weight is 389 g/mol. The Balaban J connectivity index is 1.60. The molecule has 2 aromatic carbocycles. The maximum Gasteiger partial charge on any atom is 0.322 e. The summed E-state index contributed by atoms with van der Waals surface area (Å²) in [6, 6.07) is 11.7. The second-order valence-electron chi connectivity index (χ2n) is 5.85. The summed E-state index contributed by atoms with van der Waals surface area (Å²) in [5, 5.41) is 9.97. The van der Waals surface area contributed by atoms with Crippen molar-refractivity contribution in [3.05, 3.63) is 59.9 Å². The Morgan fingerprint density at radius 1 is 1.15 bits per heavy atom. The predicted octanol–water partition coefficient (Wildman–Crippen LogP) is 2.99. The highest BCUT2D eigenvalue weighted by Gasteiger charge is 2.18. The van der Waals surface area contributed by atoms with E-state index in [0.29, 0.717) is 5.56 Å². The Morgan fingerprint density at radius 3 is 2.59 bits per heavy atom. The molecule has 0 radical (unpaired) electrons. The van der Waals surface area contributed by atoms with E-state index in [2.05, 4.69) is 15.5 Å².